The lowest BCUT2D eigenvalue weighted by Gasteiger charge is -2.14. The number of alkyl halides is 2. The highest BCUT2D eigenvalue weighted by atomic mass is 19.3. The third kappa shape index (κ3) is 2.45. The molecule has 0 aliphatic carbocycles. The number of hydrogen-bond acceptors (Lipinski definition) is 2. The van der Waals surface area contributed by atoms with Crippen molar-refractivity contribution in [2.75, 3.05) is 6.61 Å². The summed E-state index contributed by atoms with van der Waals surface area (Å²) in [6.07, 6.45) is 1.53. The monoisotopic (exact) mass is 226 g/mol. The second-order valence-electron chi connectivity index (χ2n) is 3.12. The van der Waals surface area contributed by atoms with Crippen LogP contribution < -0.4 is 0 Å². The van der Waals surface area contributed by atoms with E-state index in [0.717, 1.165) is 0 Å². The Morgan fingerprint density at radius 2 is 2.00 bits per heavy atom. The van der Waals surface area contributed by atoms with Crippen LogP contribution in [0.25, 0.3) is 6.08 Å². The zero-order valence-corrected chi connectivity index (χ0v) is 8.87. The van der Waals surface area contributed by atoms with E-state index in [1.165, 1.54) is 37.3 Å². The molecule has 0 unspecified atom stereocenters. The van der Waals surface area contributed by atoms with Gasteiger partial charge >= 0.3 is 11.9 Å². The van der Waals surface area contributed by atoms with E-state index >= 15 is 0 Å². The van der Waals surface area contributed by atoms with Gasteiger partial charge < -0.3 is 4.74 Å². The van der Waals surface area contributed by atoms with Crippen LogP contribution in [0.1, 0.15) is 18.1 Å². The Morgan fingerprint density at radius 1 is 1.44 bits per heavy atom. The van der Waals surface area contributed by atoms with Gasteiger partial charge in [0.15, 0.2) is 0 Å². The molecule has 16 heavy (non-hydrogen) atoms. The topological polar surface area (TPSA) is 26.3 Å². The fourth-order valence-electron chi connectivity index (χ4n) is 1.17. The summed E-state index contributed by atoms with van der Waals surface area (Å²) in [7, 11) is 0. The van der Waals surface area contributed by atoms with Crippen molar-refractivity contribution in [3.63, 3.8) is 0 Å². The highest BCUT2D eigenvalue weighted by molar-refractivity contribution is 5.79. The molecule has 0 fully saturated rings. The standard InChI is InChI=1S/C12H12F2O2/c1-3-9-5-7-10(8-6-9)12(13,14)11(15)16-4-2/h3,5-8H,1,4H2,2H3. The first-order valence-electron chi connectivity index (χ1n) is 4.80. The van der Waals surface area contributed by atoms with Crippen LogP contribution in [0.15, 0.2) is 30.8 Å². The van der Waals surface area contributed by atoms with E-state index in [9.17, 15) is 13.6 Å². The van der Waals surface area contributed by atoms with Crippen molar-refractivity contribution in [3.8, 4) is 0 Å². The maximum atomic E-state index is 13.5. The van der Waals surface area contributed by atoms with Gasteiger partial charge in [-0.1, -0.05) is 36.9 Å². The first kappa shape index (κ1) is 12.4. The number of benzene rings is 1. The van der Waals surface area contributed by atoms with Crippen LogP contribution >= 0.6 is 0 Å². The molecule has 0 aromatic heterocycles. The molecule has 0 N–H and O–H groups in total. The van der Waals surface area contributed by atoms with E-state index in [2.05, 4.69) is 11.3 Å². The van der Waals surface area contributed by atoms with Crippen molar-refractivity contribution in [1.29, 1.82) is 0 Å². The van der Waals surface area contributed by atoms with Gasteiger partial charge in [0, 0.05) is 5.56 Å². The largest absolute Gasteiger partial charge is 0.461 e. The lowest BCUT2D eigenvalue weighted by atomic mass is 10.1. The summed E-state index contributed by atoms with van der Waals surface area (Å²) in [5.41, 5.74) is 0.333. The van der Waals surface area contributed by atoms with Gasteiger partial charge in [0.25, 0.3) is 0 Å². The molecule has 0 spiro atoms. The minimum Gasteiger partial charge on any atom is -0.461 e. The van der Waals surface area contributed by atoms with E-state index in [4.69, 9.17) is 0 Å². The highest BCUT2D eigenvalue weighted by Gasteiger charge is 2.42. The average Bonchev–Trinajstić information content (AvgIpc) is 2.29. The van der Waals surface area contributed by atoms with Crippen LogP contribution in [0.4, 0.5) is 8.78 Å². The van der Waals surface area contributed by atoms with Gasteiger partial charge in [-0.2, -0.15) is 8.78 Å². The summed E-state index contributed by atoms with van der Waals surface area (Å²) >= 11 is 0. The molecule has 0 aliphatic heterocycles. The second kappa shape index (κ2) is 4.88. The lowest BCUT2D eigenvalue weighted by molar-refractivity contribution is -0.173. The summed E-state index contributed by atoms with van der Waals surface area (Å²) < 4.78 is 31.3. The van der Waals surface area contributed by atoms with Gasteiger partial charge in [0.05, 0.1) is 6.61 Å². The Morgan fingerprint density at radius 3 is 2.44 bits per heavy atom. The SMILES string of the molecule is C=Cc1ccc(C(F)(F)C(=O)OCC)cc1. The van der Waals surface area contributed by atoms with Crippen LogP contribution in [-0.4, -0.2) is 12.6 Å². The Kier molecular flexibility index (Phi) is 3.77. The maximum absolute atomic E-state index is 13.5. The number of ether oxygens (including phenoxy) is 1. The van der Waals surface area contributed by atoms with Crippen molar-refractivity contribution < 1.29 is 18.3 Å². The van der Waals surface area contributed by atoms with Crippen LogP contribution in [0.5, 0.6) is 0 Å². The zero-order chi connectivity index (χ0) is 12.2. The van der Waals surface area contributed by atoms with Gasteiger partial charge in [0.2, 0.25) is 0 Å². The van der Waals surface area contributed by atoms with Crippen LogP contribution in [0.2, 0.25) is 0 Å². The molecule has 4 heteroatoms. The van der Waals surface area contributed by atoms with Gasteiger partial charge in [-0.15, -0.1) is 0 Å². The summed E-state index contributed by atoms with van der Waals surface area (Å²) in [4.78, 5) is 11.0. The van der Waals surface area contributed by atoms with Crippen molar-refractivity contribution in [3.05, 3.63) is 42.0 Å². The van der Waals surface area contributed by atoms with Gasteiger partial charge in [-0.3, -0.25) is 0 Å². The molecule has 0 saturated carbocycles. The Bertz CT molecular complexity index is 383. The Balaban J connectivity index is 2.97. The van der Waals surface area contributed by atoms with Crippen molar-refractivity contribution in [2.45, 2.75) is 12.8 Å². The first-order valence-corrected chi connectivity index (χ1v) is 4.80. The minimum atomic E-state index is -3.60. The van der Waals surface area contributed by atoms with Crippen molar-refractivity contribution in [2.24, 2.45) is 0 Å². The summed E-state index contributed by atoms with van der Waals surface area (Å²) in [5.74, 6) is -5.13. The number of halogens is 2. The fraction of sp³-hybridized carbons (Fsp3) is 0.250. The minimum absolute atomic E-state index is 0.0703. The molecule has 0 amide bonds. The quantitative estimate of drug-likeness (QED) is 0.738. The summed E-state index contributed by atoms with van der Waals surface area (Å²) in [5, 5.41) is 0. The molecule has 0 saturated heterocycles. The van der Waals surface area contributed by atoms with Gasteiger partial charge in [-0.05, 0) is 12.5 Å². The molecule has 2 nitrogen and oxygen atoms in total. The first-order chi connectivity index (χ1) is 7.52. The molecule has 1 aromatic rings. The Labute approximate surface area is 92.5 Å². The Hall–Kier alpha value is -1.71. The molecular formula is C12H12F2O2. The number of esters is 1. The molecule has 86 valence electrons. The molecule has 1 rings (SSSR count). The van der Waals surface area contributed by atoms with E-state index in [1.54, 1.807) is 0 Å². The zero-order valence-electron chi connectivity index (χ0n) is 8.87. The van der Waals surface area contributed by atoms with Gasteiger partial charge in [-0.25, -0.2) is 4.79 Å². The van der Waals surface area contributed by atoms with E-state index < -0.39 is 11.9 Å². The molecule has 0 radical (unpaired) electrons. The highest BCUT2D eigenvalue weighted by Crippen LogP contribution is 2.29. The lowest BCUT2D eigenvalue weighted by Crippen LogP contribution is -2.28. The maximum Gasteiger partial charge on any atom is 0.381 e. The molecule has 0 aliphatic rings. The van der Waals surface area contributed by atoms with E-state index in [1.807, 2.05) is 0 Å². The second-order valence-corrected chi connectivity index (χ2v) is 3.12. The normalized spacial score (nSPS) is 10.9. The molecule has 0 heterocycles. The summed E-state index contributed by atoms with van der Waals surface area (Å²) in [6.45, 7) is 4.92. The summed E-state index contributed by atoms with van der Waals surface area (Å²) in [6, 6.07) is 5.31. The predicted molar refractivity (Wildman–Crippen MR) is 57.1 cm³/mol. The molecule has 0 bridgehead atoms. The number of rotatable bonds is 4. The predicted octanol–water partition coefficient (Wildman–Crippen LogP) is 2.98. The smallest absolute Gasteiger partial charge is 0.381 e. The number of carbonyl (C=O) groups is 1. The number of carbonyl (C=O) groups excluding carboxylic acids is 1. The van der Waals surface area contributed by atoms with E-state index in [-0.39, 0.29) is 12.2 Å². The van der Waals surface area contributed by atoms with Crippen LogP contribution in [0.3, 0.4) is 0 Å². The van der Waals surface area contributed by atoms with E-state index in [0.29, 0.717) is 5.56 Å². The van der Waals surface area contributed by atoms with Crippen LogP contribution in [-0.2, 0) is 15.5 Å². The fourth-order valence-corrected chi connectivity index (χ4v) is 1.17. The van der Waals surface area contributed by atoms with Crippen LogP contribution in [0, 0.1) is 0 Å². The number of hydrogen-bond donors (Lipinski definition) is 0. The molecular weight excluding hydrogens is 214 g/mol. The molecule has 0 atom stereocenters. The van der Waals surface area contributed by atoms with Crippen molar-refractivity contribution in [1.82, 2.24) is 0 Å². The van der Waals surface area contributed by atoms with Crippen molar-refractivity contribution >= 4 is 12.0 Å². The third-order valence-corrected chi connectivity index (χ3v) is 2.04. The average molecular weight is 226 g/mol. The van der Waals surface area contributed by atoms with Gasteiger partial charge in [0.1, 0.15) is 0 Å². The molecule has 1 aromatic carbocycles. The third-order valence-electron chi connectivity index (χ3n) is 2.04.